The maximum Gasteiger partial charge on any atom is 0.308 e. The van der Waals surface area contributed by atoms with Gasteiger partial charge in [-0.3, -0.25) is 14.5 Å². The average molecular weight is 555 g/mol. The van der Waals surface area contributed by atoms with E-state index in [9.17, 15) is 19.8 Å². The number of hydrogen-bond acceptors (Lipinski definition) is 7. The number of methoxy groups -OCH3 is 1. The number of carbonyl (C=O) groups excluding carboxylic acids is 1. The van der Waals surface area contributed by atoms with Gasteiger partial charge in [0.1, 0.15) is 5.75 Å². The number of aliphatic carboxylic acids is 1. The maximum absolute atomic E-state index is 13.5. The van der Waals surface area contributed by atoms with Crippen LogP contribution in [0.1, 0.15) is 49.7 Å². The van der Waals surface area contributed by atoms with Crippen LogP contribution >= 0.6 is 0 Å². The van der Waals surface area contributed by atoms with Crippen LogP contribution in [0, 0.1) is 5.92 Å². The molecular formula is C31H42N2O7. The Hall–Kier alpha value is -3.30. The van der Waals surface area contributed by atoms with Crippen molar-refractivity contribution < 1.29 is 34.0 Å². The summed E-state index contributed by atoms with van der Waals surface area (Å²) in [6.45, 7) is 4.73. The van der Waals surface area contributed by atoms with E-state index in [2.05, 4.69) is 13.0 Å². The van der Waals surface area contributed by atoms with Crippen molar-refractivity contribution in [2.24, 2.45) is 5.92 Å². The molecule has 1 amide bonds. The molecule has 40 heavy (non-hydrogen) atoms. The van der Waals surface area contributed by atoms with Gasteiger partial charge in [0.2, 0.25) is 5.91 Å². The number of carboxylic acids is 1. The number of carbonyl (C=O) groups is 2. The molecule has 1 saturated heterocycles. The van der Waals surface area contributed by atoms with Gasteiger partial charge in [-0.2, -0.15) is 0 Å². The number of aliphatic hydroxyl groups excluding tert-OH is 1. The molecular weight excluding hydrogens is 512 g/mol. The van der Waals surface area contributed by atoms with Crippen molar-refractivity contribution in [3.05, 3.63) is 53.6 Å². The van der Waals surface area contributed by atoms with Gasteiger partial charge >= 0.3 is 5.97 Å². The summed E-state index contributed by atoms with van der Waals surface area (Å²) >= 11 is 0. The SMILES string of the molecule is CCCCN(CCCO)C(=O)CN1C[C@H](c2ccc3c(c2)CCO3)C(C(=O)O)[C@@H]1CCOc1ccccc1OC. The number of hydrogen-bond donors (Lipinski definition) is 2. The van der Waals surface area contributed by atoms with E-state index in [1.807, 2.05) is 41.3 Å². The largest absolute Gasteiger partial charge is 0.493 e. The molecule has 218 valence electrons. The van der Waals surface area contributed by atoms with Crippen LogP contribution in [0.15, 0.2) is 42.5 Å². The van der Waals surface area contributed by atoms with Gasteiger partial charge in [0.25, 0.3) is 0 Å². The summed E-state index contributed by atoms with van der Waals surface area (Å²) in [6.07, 6.45) is 3.61. The zero-order valence-corrected chi connectivity index (χ0v) is 23.6. The van der Waals surface area contributed by atoms with Gasteiger partial charge in [-0.1, -0.05) is 37.6 Å². The van der Waals surface area contributed by atoms with Crippen LogP contribution in [0.25, 0.3) is 0 Å². The number of ether oxygens (including phenoxy) is 3. The van der Waals surface area contributed by atoms with Gasteiger partial charge < -0.3 is 29.3 Å². The van der Waals surface area contributed by atoms with E-state index in [-0.39, 0.29) is 31.6 Å². The molecule has 2 heterocycles. The Kier molecular flexibility index (Phi) is 10.7. The van der Waals surface area contributed by atoms with E-state index >= 15 is 0 Å². The summed E-state index contributed by atoms with van der Waals surface area (Å²) in [7, 11) is 1.58. The highest BCUT2D eigenvalue weighted by Gasteiger charge is 2.47. The lowest BCUT2D eigenvalue weighted by Gasteiger charge is -2.29. The molecule has 0 spiro atoms. The molecule has 0 aromatic heterocycles. The third kappa shape index (κ3) is 7.06. The summed E-state index contributed by atoms with van der Waals surface area (Å²) in [6, 6.07) is 13.0. The van der Waals surface area contributed by atoms with Crippen molar-refractivity contribution >= 4 is 11.9 Å². The van der Waals surface area contributed by atoms with E-state index in [0.717, 1.165) is 36.1 Å². The van der Waals surface area contributed by atoms with E-state index < -0.39 is 17.9 Å². The number of amides is 1. The fourth-order valence-electron chi connectivity index (χ4n) is 5.90. The molecule has 4 rings (SSSR count). The number of likely N-dealkylation sites (tertiary alicyclic amines) is 1. The van der Waals surface area contributed by atoms with E-state index in [4.69, 9.17) is 14.2 Å². The number of aliphatic hydroxyl groups is 1. The summed E-state index contributed by atoms with van der Waals surface area (Å²) in [5.74, 6) is 0.196. The van der Waals surface area contributed by atoms with E-state index in [0.29, 0.717) is 50.6 Å². The molecule has 3 atom stereocenters. The molecule has 2 aliphatic heterocycles. The van der Waals surface area contributed by atoms with Gasteiger partial charge in [0.15, 0.2) is 11.5 Å². The fraction of sp³-hybridized carbons (Fsp3) is 0.548. The fourth-order valence-corrected chi connectivity index (χ4v) is 5.90. The summed E-state index contributed by atoms with van der Waals surface area (Å²) in [5, 5.41) is 19.8. The molecule has 2 aromatic rings. The van der Waals surface area contributed by atoms with Gasteiger partial charge in [-0.05, 0) is 48.6 Å². The molecule has 2 N–H and O–H groups in total. The first-order valence-corrected chi connectivity index (χ1v) is 14.3. The van der Waals surface area contributed by atoms with Crippen molar-refractivity contribution in [1.29, 1.82) is 0 Å². The van der Waals surface area contributed by atoms with Gasteiger partial charge in [0, 0.05) is 44.6 Å². The third-order valence-corrected chi connectivity index (χ3v) is 7.97. The minimum Gasteiger partial charge on any atom is -0.493 e. The zero-order valence-electron chi connectivity index (χ0n) is 23.6. The molecule has 9 heteroatoms. The lowest BCUT2D eigenvalue weighted by Crippen LogP contribution is -2.45. The van der Waals surface area contributed by atoms with Gasteiger partial charge in [0.05, 0.1) is 32.8 Å². The van der Waals surface area contributed by atoms with Crippen LogP contribution in [0.4, 0.5) is 0 Å². The Balaban J connectivity index is 1.57. The van der Waals surface area contributed by atoms with Crippen molar-refractivity contribution in [1.82, 2.24) is 9.80 Å². The number of benzene rings is 2. The van der Waals surface area contributed by atoms with Crippen LogP contribution in [-0.4, -0.2) is 91.0 Å². The maximum atomic E-state index is 13.5. The van der Waals surface area contributed by atoms with Gasteiger partial charge in [-0.15, -0.1) is 0 Å². The second-order valence-electron chi connectivity index (χ2n) is 10.5. The minimum absolute atomic E-state index is 0.0216. The Morgan fingerprint density at radius 2 is 1.90 bits per heavy atom. The molecule has 0 bridgehead atoms. The quantitative estimate of drug-likeness (QED) is 0.344. The smallest absolute Gasteiger partial charge is 0.308 e. The highest BCUT2D eigenvalue weighted by molar-refractivity contribution is 5.79. The highest BCUT2D eigenvalue weighted by atomic mass is 16.5. The predicted octanol–water partition coefficient (Wildman–Crippen LogP) is 3.58. The molecule has 0 radical (unpaired) electrons. The first-order chi connectivity index (χ1) is 19.5. The first kappa shape index (κ1) is 29.7. The highest BCUT2D eigenvalue weighted by Crippen LogP contribution is 2.41. The Bertz CT molecular complexity index is 1130. The van der Waals surface area contributed by atoms with Crippen LogP contribution in [0.5, 0.6) is 17.2 Å². The normalized spacial score (nSPS) is 20.1. The topological polar surface area (TPSA) is 109 Å². The lowest BCUT2D eigenvalue weighted by molar-refractivity contribution is -0.144. The minimum atomic E-state index is -0.873. The first-order valence-electron chi connectivity index (χ1n) is 14.3. The Morgan fingerprint density at radius 1 is 1.12 bits per heavy atom. The van der Waals surface area contributed by atoms with Crippen LogP contribution in [0.3, 0.4) is 0 Å². The number of rotatable bonds is 15. The average Bonchev–Trinajstić information content (AvgIpc) is 3.57. The van der Waals surface area contributed by atoms with Gasteiger partial charge in [-0.25, -0.2) is 0 Å². The Labute approximate surface area is 236 Å². The number of carboxylic acid groups (broad SMARTS) is 1. The molecule has 1 fully saturated rings. The second-order valence-corrected chi connectivity index (χ2v) is 10.5. The standard InChI is InChI=1S/C31H42N2O7/c1-3-4-14-32(15-7-16-34)29(35)21-33-20-24(22-10-11-26-23(19-22)12-17-39-26)30(31(36)37)25(33)13-18-40-28-9-6-5-8-27(28)38-2/h5-6,8-11,19,24-25,30,34H,3-4,7,12-18,20-21H2,1-2H3,(H,36,37)/t24-,25+,30?/m1/s1. The lowest BCUT2D eigenvalue weighted by atomic mass is 9.83. The van der Waals surface area contributed by atoms with E-state index in [1.165, 1.54) is 0 Å². The van der Waals surface area contributed by atoms with Crippen molar-refractivity contribution in [3.63, 3.8) is 0 Å². The number of fused-ring (bicyclic) bond motifs is 1. The molecule has 1 unspecified atom stereocenters. The van der Waals surface area contributed by atoms with Crippen LogP contribution in [0.2, 0.25) is 0 Å². The summed E-state index contributed by atoms with van der Waals surface area (Å²) in [4.78, 5) is 30.1. The van der Waals surface area contributed by atoms with Crippen molar-refractivity contribution in [2.75, 3.05) is 53.1 Å². The molecule has 0 aliphatic carbocycles. The zero-order chi connectivity index (χ0) is 28.5. The van der Waals surface area contributed by atoms with Crippen molar-refractivity contribution in [2.45, 2.75) is 51.0 Å². The van der Waals surface area contributed by atoms with E-state index in [1.54, 1.807) is 12.0 Å². The monoisotopic (exact) mass is 554 g/mol. The molecule has 0 saturated carbocycles. The molecule has 2 aromatic carbocycles. The second kappa shape index (κ2) is 14.4. The number of para-hydroxylation sites is 2. The molecule has 9 nitrogen and oxygen atoms in total. The van der Waals surface area contributed by atoms with Crippen LogP contribution < -0.4 is 14.2 Å². The third-order valence-electron chi connectivity index (χ3n) is 7.97. The number of unbranched alkanes of at least 4 members (excludes halogenated alkanes) is 1. The Morgan fingerprint density at radius 3 is 2.62 bits per heavy atom. The predicted molar refractivity (Wildman–Crippen MR) is 151 cm³/mol. The van der Waals surface area contributed by atoms with Crippen LogP contribution in [-0.2, 0) is 16.0 Å². The summed E-state index contributed by atoms with van der Waals surface area (Å²) < 4.78 is 17.1. The number of nitrogens with zero attached hydrogens (tertiary/aromatic N) is 2. The molecule has 2 aliphatic rings. The van der Waals surface area contributed by atoms with Crippen molar-refractivity contribution in [3.8, 4) is 17.2 Å². The summed E-state index contributed by atoms with van der Waals surface area (Å²) in [5.41, 5.74) is 2.06.